The van der Waals surface area contributed by atoms with Crippen molar-refractivity contribution < 1.29 is 9.18 Å². The van der Waals surface area contributed by atoms with Gasteiger partial charge in [0.1, 0.15) is 18.0 Å². The summed E-state index contributed by atoms with van der Waals surface area (Å²) in [6.45, 7) is 1.65. The molecule has 176 valence electrons. The molecule has 1 aliphatic heterocycles. The van der Waals surface area contributed by atoms with Crippen LogP contribution in [0.5, 0.6) is 0 Å². The van der Waals surface area contributed by atoms with Crippen molar-refractivity contribution in [1.29, 1.82) is 0 Å². The summed E-state index contributed by atoms with van der Waals surface area (Å²) in [5.74, 6) is 0.230. The van der Waals surface area contributed by atoms with Crippen LogP contribution in [0.4, 0.5) is 10.2 Å². The lowest BCUT2D eigenvalue weighted by Crippen LogP contribution is -2.54. The molecular weight excluding hydrogens is 447 g/mol. The van der Waals surface area contributed by atoms with E-state index in [2.05, 4.69) is 20.4 Å². The van der Waals surface area contributed by atoms with Gasteiger partial charge in [0.2, 0.25) is 5.91 Å². The molecule has 0 bridgehead atoms. The summed E-state index contributed by atoms with van der Waals surface area (Å²) in [6.07, 6.45) is 1.54. The fourth-order valence-corrected chi connectivity index (χ4v) is 3.93. The van der Waals surface area contributed by atoms with E-state index in [0.717, 1.165) is 17.1 Å². The second-order valence-corrected chi connectivity index (χ2v) is 8.31. The van der Waals surface area contributed by atoms with E-state index in [0.29, 0.717) is 24.3 Å². The monoisotopic (exact) mass is 470 g/mol. The third kappa shape index (κ3) is 5.08. The molecule has 0 radical (unpaired) electrons. The van der Waals surface area contributed by atoms with Crippen LogP contribution in [-0.4, -0.2) is 45.3 Å². The van der Waals surface area contributed by atoms with Crippen molar-refractivity contribution >= 4 is 11.7 Å². The molecule has 0 unspecified atom stereocenters. The van der Waals surface area contributed by atoms with Crippen molar-refractivity contribution in [1.82, 2.24) is 25.1 Å². The standard InChI is InChI=1S/C26H23FN6O2/c27-21-8-6-19(7-9-21)22-10-11-25(34)33(31-22)13-12-28-26(35)20-15-32(16-20)24-14-23(29-17-30-24)18-4-2-1-3-5-18/h1-11,14,17,20H,12-13,15-16H2,(H,28,35). The minimum absolute atomic E-state index is 0.0682. The number of nitrogens with one attached hydrogen (secondary N) is 1. The zero-order chi connectivity index (χ0) is 24.2. The first kappa shape index (κ1) is 22.4. The number of hydrogen-bond acceptors (Lipinski definition) is 6. The Labute approximate surface area is 201 Å². The van der Waals surface area contributed by atoms with Gasteiger partial charge in [-0.3, -0.25) is 9.59 Å². The lowest BCUT2D eigenvalue weighted by atomic mass is 9.99. The topological polar surface area (TPSA) is 93.0 Å². The van der Waals surface area contributed by atoms with Crippen LogP contribution in [0.25, 0.3) is 22.5 Å². The van der Waals surface area contributed by atoms with Gasteiger partial charge in [0.25, 0.3) is 5.56 Å². The lowest BCUT2D eigenvalue weighted by Gasteiger charge is -2.39. The van der Waals surface area contributed by atoms with Gasteiger partial charge in [0.15, 0.2) is 0 Å². The van der Waals surface area contributed by atoms with E-state index in [1.807, 2.05) is 41.3 Å². The molecule has 35 heavy (non-hydrogen) atoms. The fraction of sp³-hybridized carbons (Fsp3) is 0.192. The summed E-state index contributed by atoms with van der Waals surface area (Å²) in [5.41, 5.74) is 2.85. The Balaban J connectivity index is 1.14. The molecule has 1 aliphatic rings. The van der Waals surface area contributed by atoms with Crippen LogP contribution >= 0.6 is 0 Å². The van der Waals surface area contributed by atoms with Crippen molar-refractivity contribution in [3.05, 3.63) is 95.3 Å². The predicted molar refractivity (Wildman–Crippen MR) is 130 cm³/mol. The fourth-order valence-electron chi connectivity index (χ4n) is 3.93. The second kappa shape index (κ2) is 9.84. The zero-order valence-corrected chi connectivity index (χ0v) is 18.8. The smallest absolute Gasteiger partial charge is 0.266 e. The van der Waals surface area contributed by atoms with Crippen molar-refractivity contribution in [2.24, 2.45) is 5.92 Å². The predicted octanol–water partition coefficient (Wildman–Crippen LogP) is 2.76. The quantitative estimate of drug-likeness (QED) is 0.447. The van der Waals surface area contributed by atoms with Gasteiger partial charge in [-0.15, -0.1) is 0 Å². The second-order valence-electron chi connectivity index (χ2n) is 8.31. The Morgan fingerprint density at radius 2 is 1.69 bits per heavy atom. The van der Waals surface area contributed by atoms with Gasteiger partial charge in [-0.05, 0) is 30.3 Å². The molecule has 1 N–H and O–H groups in total. The Morgan fingerprint density at radius 1 is 0.943 bits per heavy atom. The highest BCUT2D eigenvalue weighted by molar-refractivity contribution is 5.81. The molecule has 0 atom stereocenters. The number of hydrogen-bond donors (Lipinski definition) is 1. The number of amides is 1. The van der Waals surface area contributed by atoms with Crippen molar-refractivity contribution in [3.8, 4) is 22.5 Å². The Bertz CT molecular complexity index is 1390. The van der Waals surface area contributed by atoms with Gasteiger partial charge in [0.05, 0.1) is 23.9 Å². The first-order valence-electron chi connectivity index (χ1n) is 11.3. The summed E-state index contributed by atoms with van der Waals surface area (Å²) in [6, 6.07) is 20.7. The van der Waals surface area contributed by atoms with Gasteiger partial charge in [-0.1, -0.05) is 30.3 Å². The largest absolute Gasteiger partial charge is 0.355 e. The molecule has 2 aromatic heterocycles. The third-order valence-electron chi connectivity index (χ3n) is 5.93. The van der Waals surface area contributed by atoms with E-state index in [4.69, 9.17) is 0 Å². The maximum Gasteiger partial charge on any atom is 0.266 e. The van der Waals surface area contributed by atoms with Crippen molar-refractivity contribution in [3.63, 3.8) is 0 Å². The van der Waals surface area contributed by atoms with Gasteiger partial charge >= 0.3 is 0 Å². The first-order valence-corrected chi connectivity index (χ1v) is 11.3. The summed E-state index contributed by atoms with van der Waals surface area (Å²) in [7, 11) is 0. The number of rotatable bonds is 7. The molecule has 1 saturated heterocycles. The maximum atomic E-state index is 13.2. The molecule has 3 heterocycles. The molecule has 5 rings (SSSR count). The minimum Gasteiger partial charge on any atom is -0.355 e. The highest BCUT2D eigenvalue weighted by Gasteiger charge is 2.33. The summed E-state index contributed by atoms with van der Waals surface area (Å²) in [5, 5.41) is 7.23. The van der Waals surface area contributed by atoms with Gasteiger partial charge < -0.3 is 10.2 Å². The molecule has 1 fully saturated rings. The van der Waals surface area contributed by atoms with Crippen LogP contribution in [0.3, 0.4) is 0 Å². The normalized spacial score (nSPS) is 13.3. The van der Waals surface area contributed by atoms with Crippen LogP contribution < -0.4 is 15.8 Å². The zero-order valence-electron chi connectivity index (χ0n) is 18.8. The Hall–Kier alpha value is -4.40. The van der Waals surface area contributed by atoms with E-state index in [1.165, 1.54) is 29.2 Å². The van der Waals surface area contributed by atoms with E-state index >= 15 is 0 Å². The third-order valence-corrected chi connectivity index (χ3v) is 5.93. The SMILES string of the molecule is O=C(NCCn1nc(-c2ccc(F)cc2)ccc1=O)C1CN(c2cc(-c3ccccc3)ncn2)C1. The van der Waals surface area contributed by atoms with Gasteiger partial charge in [-0.2, -0.15) is 5.10 Å². The molecule has 2 aromatic carbocycles. The van der Waals surface area contributed by atoms with Gasteiger partial charge in [0, 0.05) is 42.9 Å². The number of nitrogens with zero attached hydrogens (tertiary/aromatic N) is 5. The molecule has 4 aromatic rings. The lowest BCUT2D eigenvalue weighted by molar-refractivity contribution is -0.125. The molecule has 0 saturated carbocycles. The van der Waals surface area contributed by atoms with Crippen LogP contribution in [0, 0.1) is 11.7 Å². The number of carbonyl (C=O) groups excluding carboxylic acids is 1. The molecule has 0 aliphatic carbocycles. The highest BCUT2D eigenvalue weighted by Crippen LogP contribution is 2.26. The van der Waals surface area contributed by atoms with E-state index in [-0.39, 0.29) is 36.3 Å². The van der Waals surface area contributed by atoms with Crippen molar-refractivity contribution in [2.45, 2.75) is 6.54 Å². The molecule has 9 heteroatoms. The Kier molecular flexibility index (Phi) is 6.30. The molecule has 8 nitrogen and oxygen atoms in total. The summed E-state index contributed by atoms with van der Waals surface area (Å²) < 4.78 is 14.5. The van der Waals surface area contributed by atoms with E-state index < -0.39 is 0 Å². The number of carbonyl (C=O) groups is 1. The number of anilines is 1. The highest BCUT2D eigenvalue weighted by atomic mass is 19.1. The summed E-state index contributed by atoms with van der Waals surface area (Å²) >= 11 is 0. The van der Waals surface area contributed by atoms with Crippen LogP contribution in [0.2, 0.25) is 0 Å². The van der Waals surface area contributed by atoms with Crippen LogP contribution in [-0.2, 0) is 11.3 Å². The maximum absolute atomic E-state index is 13.2. The number of aromatic nitrogens is 4. The Morgan fingerprint density at radius 3 is 2.46 bits per heavy atom. The van der Waals surface area contributed by atoms with E-state index in [1.54, 1.807) is 18.2 Å². The molecule has 0 spiro atoms. The van der Waals surface area contributed by atoms with Crippen molar-refractivity contribution in [2.75, 3.05) is 24.5 Å². The number of halogens is 1. The minimum atomic E-state index is -0.337. The molecule has 1 amide bonds. The van der Waals surface area contributed by atoms with E-state index in [9.17, 15) is 14.0 Å². The molecular formula is C26H23FN6O2. The van der Waals surface area contributed by atoms with Crippen LogP contribution in [0.1, 0.15) is 0 Å². The summed E-state index contributed by atoms with van der Waals surface area (Å²) in [4.78, 5) is 35.5. The number of benzene rings is 2. The van der Waals surface area contributed by atoms with Crippen LogP contribution in [0.15, 0.2) is 83.9 Å². The average molecular weight is 471 g/mol. The van der Waals surface area contributed by atoms with Gasteiger partial charge in [-0.25, -0.2) is 19.0 Å². The first-order chi connectivity index (χ1) is 17.1. The average Bonchev–Trinajstić information content (AvgIpc) is 2.86.